The molecular weight excluding hydrogens is 271 g/mol. The molecule has 4 nitrogen and oxygen atoms in total. The summed E-state index contributed by atoms with van der Waals surface area (Å²) < 4.78 is 43.3. The van der Waals surface area contributed by atoms with Crippen LogP contribution in [0.2, 0.25) is 0 Å². The molecule has 1 aromatic carbocycles. The minimum absolute atomic E-state index is 0.284. The van der Waals surface area contributed by atoms with Crippen molar-refractivity contribution in [2.75, 3.05) is 6.61 Å². The van der Waals surface area contributed by atoms with Crippen molar-refractivity contribution in [3.63, 3.8) is 0 Å². The number of nitrogens with zero attached hydrogens (tertiary/aromatic N) is 3. The molecule has 0 aliphatic rings. The average molecular weight is 285 g/mol. The second-order valence-electron chi connectivity index (χ2n) is 4.20. The number of benzene rings is 1. The molecule has 1 heterocycles. The Kier molecular flexibility index (Phi) is 4.26. The van der Waals surface area contributed by atoms with Crippen molar-refractivity contribution in [2.24, 2.45) is 0 Å². The highest BCUT2D eigenvalue weighted by molar-refractivity contribution is 5.28. The van der Waals surface area contributed by atoms with E-state index in [1.165, 1.54) is 0 Å². The van der Waals surface area contributed by atoms with Gasteiger partial charge in [-0.1, -0.05) is 12.1 Å². The number of hydrogen-bond donors (Lipinski definition) is 0. The molecule has 0 N–H and O–H groups in total. The van der Waals surface area contributed by atoms with Crippen molar-refractivity contribution in [1.82, 2.24) is 14.8 Å². The van der Waals surface area contributed by atoms with Crippen LogP contribution in [0.3, 0.4) is 0 Å². The van der Waals surface area contributed by atoms with Crippen LogP contribution in [0.25, 0.3) is 0 Å². The quantitative estimate of drug-likeness (QED) is 0.848. The molecule has 2 rings (SSSR count). The zero-order chi connectivity index (χ0) is 14.6. The normalized spacial score (nSPS) is 11.6. The summed E-state index contributed by atoms with van der Waals surface area (Å²) in [5.74, 6) is 1.01. The fourth-order valence-corrected chi connectivity index (χ4v) is 1.78. The number of rotatable bonds is 5. The van der Waals surface area contributed by atoms with E-state index in [4.69, 9.17) is 4.74 Å². The van der Waals surface area contributed by atoms with Gasteiger partial charge >= 0.3 is 6.18 Å². The molecule has 0 aliphatic carbocycles. The minimum Gasteiger partial charge on any atom is -0.494 e. The highest BCUT2D eigenvalue weighted by Crippen LogP contribution is 2.19. The molecule has 20 heavy (non-hydrogen) atoms. The van der Waals surface area contributed by atoms with Gasteiger partial charge < -0.3 is 4.74 Å². The van der Waals surface area contributed by atoms with E-state index in [0.29, 0.717) is 13.0 Å². The maximum atomic E-state index is 12.4. The molecule has 0 radical (unpaired) electrons. The van der Waals surface area contributed by atoms with Crippen LogP contribution in [0, 0.1) is 0 Å². The lowest BCUT2D eigenvalue weighted by Gasteiger charge is -2.09. The van der Waals surface area contributed by atoms with Gasteiger partial charge in [0.1, 0.15) is 24.4 Å². The second kappa shape index (κ2) is 5.94. The first-order valence-electron chi connectivity index (χ1n) is 6.13. The molecule has 7 heteroatoms. The Morgan fingerprint density at radius 2 is 1.90 bits per heavy atom. The van der Waals surface area contributed by atoms with Gasteiger partial charge in [0.05, 0.1) is 6.61 Å². The van der Waals surface area contributed by atoms with Gasteiger partial charge in [-0.2, -0.15) is 18.3 Å². The summed E-state index contributed by atoms with van der Waals surface area (Å²) in [6.07, 6.45) is -2.88. The maximum Gasteiger partial charge on any atom is 0.408 e. The van der Waals surface area contributed by atoms with Crippen LogP contribution in [0.1, 0.15) is 18.3 Å². The number of hydrogen-bond acceptors (Lipinski definition) is 3. The summed E-state index contributed by atoms with van der Waals surface area (Å²) in [7, 11) is 0. The van der Waals surface area contributed by atoms with E-state index in [1.807, 2.05) is 6.92 Å². The Balaban J connectivity index is 2.08. The third-order valence-electron chi connectivity index (χ3n) is 2.62. The molecule has 0 amide bonds. The van der Waals surface area contributed by atoms with E-state index in [1.54, 1.807) is 24.3 Å². The number of alkyl halides is 3. The Morgan fingerprint density at radius 1 is 1.20 bits per heavy atom. The van der Waals surface area contributed by atoms with Gasteiger partial charge in [0, 0.05) is 6.42 Å². The van der Waals surface area contributed by atoms with E-state index >= 15 is 0 Å². The van der Waals surface area contributed by atoms with E-state index in [0.717, 1.165) is 22.3 Å². The molecule has 0 spiro atoms. The lowest BCUT2D eigenvalue weighted by molar-refractivity contribution is -0.143. The fourth-order valence-electron chi connectivity index (χ4n) is 1.78. The zero-order valence-electron chi connectivity index (χ0n) is 10.9. The molecule has 1 aromatic heterocycles. The zero-order valence-corrected chi connectivity index (χ0v) is 10.9. The predicted molar refractivity (Wildman–Crippen MR) is 66.5 cm³/mol. The highest BCUT2D eigenvalue weighted by Gasteiger charge is 2.29. The van der Waals surface area contributed by atoms with Crippen molar-refractivity contribution in [3.8, 4) is 5.75 Å². The van der Waals surface area contributed by atoms with Gasteiger partial charge in [-0.25, -0.2) is 9.67 Å². The van der Waals surface area contributed by atoms with Crippen LogP contribution in [0.4, 0.5) is 13.2 Å². The van der Waals surface area contributed by atoms with Gasteiger partial charge in [-0.05, 0) is 24.6 Å². The van der Waals surface area contributed by atoms with Gasteiger partial charge in [0.25, 0.3) is 0 Å². The summed E-state index contributed by atoms with van der Waals surface area (Å²) >= 11 is 0. The number of ether oxygens (including phenoxy) is 1. The number of halogens is 3. The Bertz CT molecular complexity index is 549. The van der Waals surface area contributed by atoms with Gasteiger partial charge in [0.15, 0.2) is 0 Å². The van der Waals surface area contributed by atoms with Gasteiger partial charge in [-0.15, -0.1) is 0 Å². The summed E-state index contributed by atoms with van der Waals surface area (Å²) in [6.45, 7) is 1.33. The standard InChI is InChI=1S/C13H14F3N3O/c1-2-20-11-5-3-10(4-6-11)7-12-17-9-18-19(12)8-13(14,15)16/h3-6,9H,2,7-8H2,1H3. The molecule has 0 unspecified atom stereocenters. The summed E-state index contributed by atoms with van der Waals surface area (Å²) in [5.41, 5.74) is 0.852. The van der Waals surface area contributed by atoms with Crippen molar-refractivity contribution in [2.45, 2.75) is 26.1 Å². The molecule has 0 aliphatic heterocycles. The Labute approximate surface area is 114 Å². The van der Waals surface area contributed by atoms with Crippen LogP contribution >= 0.6 is 0 Å². The first kappa shape index (κ1) is 14.4. The van der Waals surface area contributed by atoms with Gasteiger partial charge in [0.2, 0.25) is 0 Å². The van der Waals surface area contributed by atoms with E-state index in [9.17, 15) is 13.2 Å². The predicted octanol–water partition coefficient (Wildman–Crippen LogP) is 2.83. The molecule has 0 fully saturated rings. The lowest BCUT2D eigenvalue weighted by Crippen LogP contribution is -2.20. The Hall–Kier alpha value is -2.05. The van der Waals surface area contributed by atoms with Crippen molar-refractivity contribution in [1.29, 1.82) is 0 Å². The molecular formula is C13H14F3N3O. The summed E-state index contributed by atoms with van der Waals surface area (Å²) in [6, 6.07) is 7.17. The molecule has 2 aromatic rings. The minimum atomic E-state index is -4.30. The van der Waals surface area contributed by atoms with E-state index in [-0.39, 0.29) is 5.82 Å². The molecule has 0 saturated heterocycles. The first-order chi connectivity index (χ1) is 9.48. The monoisotopic (exact) mass is 285 g/mol. The third-order valence-corrected chi connectivity index (χ3v) is 2.62. The van der Waals surface area contributed by atoms with Crippen LogP contribution < -0.4 is 4.74 Å². The third kappa shape index (κ3) is 3.97. The van der Waals surface area contributed by atoms with Crippen molar-refractivity contribution in [3.05, 3.63) is 42.0 Å². The van der Waals surface area contributed by atoms with E-state index < -0.39 is 12.7 Å². The molecule has 0 saturated carbocycles. The average Bonchev–Trinajstić information content (AvgIpc) is 2.77. The summed E-state index contributed by atoms with van der Waals surface area (Å²) in [4.78, 5) is 3.88. The summed E-state index contributed by atoms with van der Waals surface area (Å²) in [5, 5.41) is 3.61. The highest BCUT2D eigenvalue weighted by atomic mass is 19.4. The van der Waals surface area contributed by atoms with Crippen molar-refractivity contribution < 1.29 is 17.9 Å². The molecule has 0 bridgehead atoms. The fraction of sp³-hybridized carbons (Fsp3) is 0.385. The largest absolute Gasteiger partial charge is 0.494 e. The van der Waals surface area contributed by atoms with Gasteiger partial charge in [-0.3, -0.25) is 0 Å². The van der Waals surface area contributed by atoms with Crippen LogP contribution in [-0.2, 0) is 13.0 Å². The molecule has 0 atom stereocenters. The SMILES string of the molecule is CCOc1ccc(Cc2ncnn2CC(F)(F)F)cc1. The van der Waals surface area contributed by atoms with Crippen molar-refractivity contribution >= 4 is 0 Å². The van der Waals surface area contributed by atoms with Crippen LogP contribution in [0.5, 0.6) is 5.75 Å². The lowest BCUT2D eigenvalue weighted by atomic mass is 10.1. The maximum absolute atomic E-state index is 12.4. The number of aromatic nitrogens is 3. The van der Waals surface area contributed by atoms with Crippen LogP contribution in [0.15, 0.2) is 30.6 Å². The van der Waals surface area contributed by atoms with Crippen LogP contribution in [-0.4, -0.2) is 27.5 Å². The Morgan fingerprint density at radius 3 is 2.50 bits per heavy atom. The smallest absolute Gasteiger partial charge is 0.408 e. The topological polar surface area (TPSA) is 39.9 Å². The first-order valence-corrected chi connectivity index (χ1v) is 6.13. The second-order valence-corrected chi connectivity index (χ2v) is 4.20. The molecule has 108 valence electrons. The van der Waals surface area contributed by atoms with E-state index in [2.05, 4.69) is 10.1 Å².